The van der Waals surface area contributed by atoms with Crippen molar-refractivity contribution in [3.8, 4) is 0 Å². The summed E-state index contributed by atoms with van der Waals surface area (Å²) in [5.41, 5.74) is 6.02. The predicted molar refractivity (Wildman–Crippen MR) is 67.1 cm³/mol. The van der Waals surface area contributed by atoms with Crippen LogP contribution in [0.2, 0.25) is 0 Å². The Hall–Kier alpha value is -0.443. The molecule has 0 nitrogen and oxygen atoms in total. The number of allylic oxidation sites excluding steroid dienone is 1. The first-order valence-corrected chi connectivity index (χ1v) is 5.96. The normalized spacial score (nSPS) is 21.1. The molecule has 0 aromatic heterocycles. The average Bonchev–Trinajstić information content (AvgIpc) is 2.57. The summed E-state index contributed by atoms with van der Waals surface area (Å²) in [5.74, 6) is 0.715. The fourth-order valence-corrected chi connectivity index (χ4v) is 2.55. The van der Waals surface area contributed by atoms with Crippen LogP contribution in [0.3, 0.4) is 0 Å². The Bertz CT molecular complexity index is 404. The molecule has 0 heterocycles. The van der Waals surface area contributed by atoms with E-state index in [0.717, 1.165) is 0 Å². The second kappa shape index (κ2) is 4.20. The predicted octanol–water partition coefficient (Wildman–Crippen LogP) is 3.65. The number of fused-ring (bicyclic) bond motifs is 1. The van der Waals surface area contributed by atoms with Crippen molar-refractivity contribution in [2.24, 2.45) is 5.92 Å². The summed E-state index contributed by atoms with van der Waals surface area (Å²) < 4.78 is 0.620. The third-order valence-corrected chi connectivity index (χ3v) is 3.82. The van der Waals surface area contributed by atoms with E-state index in [4.69, 9.17) is 0 Å². The SMILES string of the molecule is [Li][CH]1C(C(C)CC)=Cc2c(C)cccc21. The van der Waals surface area contributed by atoms with E-state index in [0.29, 0.717) is 10.5 Å². The van der Waals surface area contributed by atoms with E-state index < -0.39 is 0 Å². The van der Waals surface area contributed by atoms with Crippen LogP contribution in [-0.2, 0) is 0 Å². The van der Waals surface area contributed by atoms with Gasteiger partial charge in [-0.2, -0.15) is 0 Å². The number of hydrogen-bond donors (Lipinski definition) is 0. The van der Waals surface area contributed by atoms with Gasteiger partial charge in [0.05, 0.1) is 0 Å². The van der Waals surface area contributed by atoms with Gasteiger partial charge in [-0.05, 0) is 0 Å². The van der Waals surface area contributed by atoms with Gasteiger partial charge in [-0.1, -0.05) is 0 Å². The summed E-state index contributed by atoms with van der Waals surface area (Å²) in [6, 6.07) is 6.67. The quantitative estimate of drug-likeness (QED) is 0.627. The van der Waals surface area contributed by atoms with Gasteiger partial charge in [0.1, 0.15) is 0 Å². The van der Waals surface area contributed by atoms with Gasteiger partial charge in [-0.15, -0.1) is 0 Å². The zero-order chi connectivity index (χ0) is 11.0. The molecule has 1 aromatic rings. The maximum atomic E-state index is 2.42. The zero-order valence-corrected chi connectivity index (χ0v) is 10.2. The van der Waals surface area contributed by atoms with Crippen molar-refractivity contribution < 1.29 is 0 Å². The summed E-state index contributed by atoms with van der Waals surface area (Å²) >= 11 is 2.34. The second-order valence-corrected chi connectivity index (χ2v) is 4.75. The Kier molecular flexibility index (Phi) is 3.10. The van der Waals surface area contributed by atoms with Crippen LogP contribution in [0, 0.1) is 12.8 Å². The molecule has 0 aliphatic heterocycles. The standard InChI is InChI=1S/C14H17.Li/c1-4-10(2)13-8-12-7-5-6-11(3)14(12)9-13;/h5-10H,4H2,1-3H3;. The van der Waals surface area contributed by atoms with Gasteiger partial charge in [0.15, 0.2) is 0 Å². The Balaban J connectivity index is 2.45. The maximum absolute atomic E-state index is 2.42. The van der Waals surface area contributed by atoms with Gasteiger partial charge >= 0.3 is 102 Å². The van der Waals surface area contributed by atoms with E-state index in [9.17, 15) is 0 Å². The minimum absolute atomic E-state index is 0.620. The van der Waals surface area contributed by atoms with Crippen molar-refractivity contribution in [1.29, 1.82) is 0 Å². The van der Waals surface area contributed by atoms with Crippen molar-refractivity contribution in [3.63, 3.8) is 0 Å². The molecule has 1 aliphatic rings. The van der Waals surface area contributed by atoms with Gasteiger partial charge in [0.25, 0.3) is 0 Å². The first-order chi connectivity index (χ1) is 7.15. The molecule has 1 aliphatic carbocycles. The van der Waals surface area contributed by atoms with Crippen LogP contribution in [0.15, 0.2) is 23.8 Å². The average molecular weight is 192 g/mol. The van der Waals surface area contributed by atoms with Gasteiger partial charge in [0.2, 0.25) is 0 Å². The van der Waals surface area contributed by atoms with Gasteiger partial charge in [-0.25, -0.2) is 0 Å². The minimum atomic E-state index is 0.620. The molecule has 0 N–H and O–H groups in total. The fourth-order valence-electron chi connectivity index (χ4n) is 2.55. The molecule has 0 radical (unpaired) electrons. The van der Waals surface area contributed by atoms with Crippen molar-refractivity contribution in [3.05, 3.63) is 40.5 Å². The summed E-state index contributed by atoms with van der Waals surface area (Å²) in [5, 5.41) is 0. The number of aryl methyl sites for hydroxylation is 1. The molecule has 0 spiro atoms. The fraction of sp³-hybridized carbons (Fsp3) is 0.429. The Morgan fingerprint density at radius 2 is 2.13 bits per heavy atom. The first-order valence-electron chi connectivity index (χ1n) is 5.96. The molecule has 74 valence electrons. The van der Waals surface area contributed by atoms with Crippen LogP contribution in [0.1, 0.15) is 41.5 Å². The number of hydrogen-bond acceptors (Lipinski definition) is 0. The topological polar surface area (TPSA) is 0 Å². The monoisotopic (exact) mass is 192 g/mol. The summed E-state index contributed by atoms with van der Waals surface area (Å²) in [4.78, 5) is 0. The van der Waals surface area contributed by atoms with Crippen LogP contribution >= 0.6 is 0 Å². The molecule has 0 amide bonds. The molecule has 2 rings (SSSR count). The summed E-state index contributed by atoms with van der Waals surface area (Å²) in [6.07, 6.45) is 3.66. The van der Waals surface area contributed by atoms with Crippen molar-refractivity contribution in [2.45, 2.75) is 31.8 Å². The second-order valence-electron chi connectivity index (χ2n) is 4.75. The third-order valence-electron chi connectivity index (χ3n) is 3.82. The van der Waals surface area contributed by atoms with Crippen molar-refractivity contribution in [1.82, 2.24) is 0 Å². The molecular formula is C14H17Li. The van der Waals surface area contributed by atoms with E-state index in [-0.39, 0.29) is 0 Å². The molecule has 2 unspecified atom stereocenters. The molecule has 0 fully saturated rings. The summed E-state index contributed by atoms with van der Waals surface area (Å²) in [6.45, 7) is 6.82. The zero-order valence-electron chi connectivity index (χ0n) is 10.2. The van der Waals surface area contributed by atoms with Gasteiger partial charge < -0.3 is 0 Å². The molecule has 2 atom stereocenters. The van der Waals surface area contributed by atoms with E-state index in [1.165, 1.54) is 23.1 Å². The van der Waals surface area contributed by atoms with Crippen LogP contribution in [0.25, 0.3) is 6.08 Å². The van der Waals surface area contributed by atoms with Crippen molar-refractivity contribution >= 4 is 23.8 Å². The first kappa shape index (κ1) is 11.1. The molecule has 1 heteroatoms. The Morgan fingerprint density at radius 3 is 2.73 bits per heavy atom. The van der Waals surface area contributed by atoms with E-state index in [1.807, 2.05) is 0 Å². The third kappa shape index (κ3) is 1.82. The van der Waals surface area contributed by atoms with Gasteiger partial charge in [-0.3, -0.25) is 0 Å². The van der Waals surface area contributed by atoms with E-state index in [2.05, 4.69) is 62.8 Å². The van der Waals surface area contributed by atoms with Crippen LogP contribution in [0.4, 0.5) is 0 Å². The van der Waals surface area contributed by atoms with Crippen LogP contribution in [0.5, 0.6) is 0 Å². The molecule has 0 saturated carbocycles. The van der Waals surface area contributed by atoms with E-state index >= 15 is 0 Å². The molecule has 1 aromatic carbocycles. The number of rotatable bonds is 2. The van der Waals surface area contributed by atoms with Crippen LogP contribution < -0.4 is 0 Å². The van der Waals surface area contributed by atoms with Gasteiger partial charge in [0, 0.05) is 0 Å². The Labute approximate surface area is 102 Å². The number of benzene rings is 1. The van der Waals surface area contributed by atoms with Crippen LogP contribution in [-0.4, -0.2) is 17.7 Å². The van der Waals surface area contributed by atoms with E-state index in [1.54, 1.807) is 5.57 Å². The molecule has 0 saturated heterocycles. The Morgan fingerprint density at radius 1 is 1.40 bits per heavy atom. The molecule has 15 heavy (non-hydrogen) atoms. The van der Waals surface area contributed by atoms with Crippen molar-refractivity contribution in [2.75, 3.05) is 0 Å². The summed E-state index contributed by atoms with van der Waals surface area (Å²) in [7, 11) is 0. The molecular weight excluding hydrogens is 175 g/mol. The molecule has 0 bridgehead atoms.